The smallest absolute Gasteiger partial charge is 0.163 e. The Morgan fingerprint density at radius 2 is 2.12 bits per heavy atom. The number of Topliss-reactive ketones (excluding diaryl/α,β-unsaturated/α-hetero) is 1. The fourth-order valence-electron chi connectivity index (χ4n) is 2.66. The molecule has 2 atom stereocenters. The second kappa shape index (κ2) is 3.73. The summed E-state index contributed by atoms with van der Waals surface area (Å²) >= 11 is 0. The van der Waals surface area contributed by atoms with Crippen LogP contribution >= 0.6 is 0 Å². The molecule has 0 aromatic heterocycles. The number of rotatable bonds is 0. The summed E-state index contributed by atoms with van der Waals surface area (Å²) in [7, 11) is 0. The Morgan fingerprint density at radius 3 is 2.75 bits per heavy atom. The lowest BCUT2D eigenvalue weighted by atomic mass is 9.93. The second-order valence-electron chi connectivity index (χ2n) is 5.65. The first-order chi connectivity index (χ1) is 7.44. The molecule has 0 saturated heterocycles. The third kappa shape index (κ3) is 1.91. The summed E-state index contributed by atoms with van der Waals surface area (Å²) in [4.78, 5) is 12.2. The zero-order chi connectivity index (χ0) is 11.9. The monoisotopic (exact) mass is 216 g/mol. The molecule has 0 spiro atoms. The average molecular weight is 216 g/mol. The van der Waals surface area contributed by atoms with Gasteiger partial charge in [-0.25, -0.2) is 0 Å². The maximum absolute atomic E-state index is 12.2. The van der Waals surface area contributed by atoms with Gasteiger partial charge < -0.3 is 0 Å². The van der Waals surface area contributed by atoms with Crippen LogP contribution in [0.2, 0.25) is 0 Å². The normalized spacial score (nSPS) is 33.5. The van der Waals surface area contributed by atoms with E-state index in [0.29, 0.717) is 18.1 Å². The molecule has 0 heterocycles. The standard InChI is InChI=1S/C15H20O/c1-10(2)14-12-9-15(12,4)7-5-6-11(3)8-13(14)16/h5-7,12H,8-9H2,1-4H3. The molecule has 0 N–H and O–H groups in total. The van der Waals surface area contributed by atoms with Gasteiger partial charge in [0, 0.05) is 6.42 Å². The fourth-order valence-corrected chi connectivity index (χ4v) is 2.66. The van der Waals surface area contributed by atoms with Crippen LogP contribution in [0.15, 0.2) is 34.9 Å². The topological polar surface area (TPSA) is 17.1 Å². The van der Waals surface area contributed by atoms with Gasteiger partial charge in [0.15, 0.2) is 5.78 Å². The summed E-state index contributed by atoms with van der Waals surface area (Å²) in [6, 6.07) is 0. The lowest BCUT2D eigenvalue weighted by Gasteiger charge is -2.10. The quantitative estimate of drug-likeness (QED) is 0.562. The molecule has 1 fully saturated rings. The summed E-state index contributed by atoms with van der Waals surface area (Å²) in [6.45, 7) is 8.41. The van der Waals surface area contributed by atoms with Gasteiger partial charge in [0.2, 0.25) is 0 Å². The maximum Gasteiger partial charge on any atom is 0.163 e. The predicted molar refractivity (Wildman–Crippen MR) is 67.1 cm³/mol. The molecule has 2 unspecified atom stereocenters. The highest BCUT2D eigenvalue weighted by molar-refractivity contribution is 5.98. The lowest BCUT2D eigenvalue weighted by Crippen LogP contribution is -2.09. The first-order valence-corrected chi connectivity index (χ1v) is 5.99. The Labute approximate surface area is 97.9 Å². The third-order valence-electron chi connectivity index (χ3n) is 3.76. The molecule has 1 heteroatoms. The molecule has 86 valence electrons. The van der Waals surface area contributed by atoms with Crippen molar-refractivity contribution < 1.29 is 4.79 Å². The van der Waals surface area contributed by atoms with E-state index in [0.717, 1.165) is 17.6 Å². The van der Waals surface area contributed by atoms with E-state index in [2.05, 4.69) is 39.0 Å². The molecule has 0 bridgehead atoms. The minimum Gasteiger partial charge on any atom is -0.294 e. The van der Waals surface area contributed by atoms with Crippen molar-refractivity contribution in [3.8, 4) is 0 Å². The minimum absolute atomic E-state index is 0.226. The molecule has 0 aromatic carbocycles. The highest BCUT2D eigenvalue weighted by Crippen LogP contribution is 2.58. The first-order valence-electron chi connectivity index (χ1n) is 5.99. The van der Waals surface area contributed by atoms with Gasteiger partial charge in [-0.2, -0.15) is 0 Å². The van der Waals surface area contributed by atoms with E-state index in [4.69, 9.17) is 0 Å². The third-order valence-corrected chi connectivity index (χ3v) is 3.76. The molecule has 2 aliphatic rings. The van der Waals surface area contributed by atoms with Crippen molar-refractivity contribution in [2.75, 3.05) is 0 Å². The van der Waals surface area contributed by atoms with E-state index in [1.807, 2.05) is 6.92 Å². The zero-order valence-electron chi connectivity index (χ0n) is 10.6. The van der Waals surface area contributed by atoms with Gasteiger partial charge in [-0.1, -0.05) is 36.3 Å². The molecule has 1 nitrogen and oxygen atoms in total. The Bertz CT molecular complexity index is 419. The lowest BCUT2D eigenvalue weighted by molar-refractivity contribution is -0.115. The van der Waals surface area contributed by atoms with E-state index in [9.17, 15) is 4.79 Å². The minimum atomic E-state index is 0.226. The highest BCUT2D eigenvalue weighted by atomic mass is 16.1. The largest absolute Gasteiger partial charge is 0.294 e. The number of ketones is 1. The van der Waals surface area contributed by atoms with Crippen LogP contribution < -0.4 is 0 Å². The second-order valence-corrected chi connectivity index (χ2v) is 5.65. The predicted octanol–water partition coefficient (Wildman–Crippen LogP) is 3.82. The van der Waals surface area contributed by atoms with E-state index in [1.54, 1.807) is 0 Å². The van der Waals surface area contributed by atoms with Gasteiger partial charge in [-0.15, -0.1) is 0 Å². The van der Waals surface area contributed by atoms with Crippen LogP contribution in [0.1, 0.15) is 40.5 Å². The van der Waals surface area contributed by atoms with Crippen molar-refractivity contribution in [2.24, 2.45) is 11.3 Å². The Morgan fingerprint density at radius 1 is 1.44 bits per heavy atom. The van der Waals surface area contributed by atoms with Gasteiger partial charge >= 0.3 is 0 Å². The van der Waals surface area contributed by atoms with Crippen LogP contribution in [0.3, 0.4) is 0 Å². The molecule has 0 amide bonds. The van der Waals surface area contributed by atoms with E-state index >= 15 is 0 Å². The average Bonchev–Trinajstić information content (AvgIpc) is 2.75. The van der Waals surface area contributed by atoms with Gasteiger partial charge in [0.25, 0.3) is 0 Å². The summed E-state index contributed by atoms with van der Waals surface area (Å²) in [5.41, 5.74) is 3.66. The van der Waals surface area contributed by atoms with E-state index < -0.39 is 0 Å². The SMILES string of the molecule is CC1=CC=CC2(C)CC2C(=C(C)C)C(=O)C1. The Balaban J connectivity index is 2.42. The van der Waals surface area contributed by atoms with Crippen LogP contribution in [0, 0.1) is 11.3 Å². The molecule has 16 heavy (non-hydrogen) atoms. The van der Waals surface area contributed by atoms with Gasteiger partial charge in [0.05, 0.1) is 0 Å². The van der Waals surface area contributed by atoms with Crippen LogP contribution in [-0.4, -0.2) is 5.78 Å². The zero-order valence-corrected chi connectivity index (χ0v) is 10.6. The molecule has 2 rings (SSSR count). The van der Waals surface area contributed by atoms with Crippen molar-refractivity contribution in [3.63, 3.8) is 0 Å². The molecular weight excluding hydrogens is 196 g/mol. The van der Waals surface area contributed by atoms with Crippen LogP contribution in [0.25, 0.3) is 0 Å². The Hall–Kier alpha value is -1.11. The van der Waals surface area contributed by atoms with Crippen LogP contribution in [-0.2, 0) is 4.79 Å². The highest BCUT2D eigenvalue weighted by Gasteiger charge is 2.51. The van der Waals surface area contributed by atoms with Crippen molar-refractivity contribution >= 4 is 5.78 Å². The van der Waals surface area contributed by atoms with Gasteiger partial charge in [0.1, 0.15) is 0 Å². The number of carbonyl (C=O) groups excluding carboxylic acids is 1. The van der Waals surface area contributed by atoms with Crippen molar-refractivity contribution in [1.82, 2.24) is 0 Å². The molecule has 0 aliphatic heterocycles. The van der Waals surface area contributed by atoms with Crippen molar-refractivity contribution in [3.05, 3.63) is 34.9 Å². The molecule has 2 aliphatic carbocycles. The van der Waals surface area contributed by atoms with Crippen molar-refractivity contribution in [2.45, 2.75) is 40.5 Å². The van der Waals surface area contributed by atoms with Crippen LogP contribution in [0.4, 0.5) is 0 Å². The summed E-state index contributed by atoms with van der Waals surface area (Å²) in [5, 5.41) is 0. The molecule has 1 saturated carbocycles. The summed E-state index contributed by atoms with van der Waals surface area (Å²) in [5.74, 6) is 0.784. The van der Waals surface area contributed by atoms with E-state index in [-0.39, 0.29) is 5.41 Å². The van der Waals surface area contributed by atoms with Crippen LogP contribution in [0.5, 0.6) is 0 Å². The molecular formula is C15H20O. The van der Waals surface area contributed by atoms with E-state index in [1.165, 1.54) is 5.57 Å². The van der Waals surface area contributed by atoms with Crippen molar-refractivity contribution in [1.29, 1.82) is 0 Å². The Kier molecular flexibility index (Phi) is 2.65. The number of hydrogen-bond acceptors (Lipinski definition) is 1. The number of fused-ring (bicyclic) bond motifs is 1. The number of hydrogen-bond donors (Lipinski definition) is 0. The van der Waals surface area contributed by atoms with Gasteiger partial charge in [-0.3, -0.25) is 4.79 Å². The molecule has 0 radical (unpaired) electrons. The van der Waals surface area contributed by atoms with Gasteiger partial charge in [-0.05, 0) is 44.1 Å². The first kappa shape index (κ1) is 11.4. The number of carbonyl (C=O) groups is 1. The summed E-state index contributed by atoms with van der Waals surface area (Å²) in [6.07, 6.45) is 8.17. The number of allylic oxidation sites excluding steroid dienone is 6. The molecule has 0 aromatic rings. The summed E-state index contributed by atoms with van der Waals surface area (Å²) < 4.78 is 0. The maximum atomic E-state index is 12.2. The fraction of sp³-hybridized carbons (Fsp3) is 0.533.